The summed E-state index contributed by atoms with van der Waals surface area (Å²) >= 11 is 0.926. The summed E-state index contributed by atoms with van der Waals surface area (Å²) in [6.07, 6.45) is 0.176. The fourth-order valence-electron chi connectivity index (χ4n) is 5.96. The first-order chi connectivity index (χ1) is 23.2. The monoisotopic (exact) mass is 680 g/mol. The van der Waals surface area contributed by atoms with Gasteiger partial charge in [0, 0.05) is 58.4 Å². The van der Waals surface area contributed by atoms with Crippen LogP contribution in [0.15, 0.2) is 60.7 Å². The lowest BCUT2D eigenvalue weighted by atomic mass is 10.0. The van der Waals surface area contributed by atoms with Crippen LogP contribution in [-0.2, 0) is 30.5 Å². The first-order valence-corrected chi connectivity index (χ1v) is 17.5. The van der Waals surface area contributed by atoms with E-state index in [-0.39, 0.29) is 54.8 Å². The molecule has 3 atom stereocenters. The van der Waals surface area contributed by atoms with Gasteiger partial charge in [-0.3, -0.25) is 33.8 Å². The van der Waals surface area contributed by atoms with E-state index in [2.05, 4.69) is 20.9 Å². The smallest absolute Gasteiger partial charge is 0.251 e. The molecule has 0 radical (unpaired) electrons. The van der Waals surface area contributed by atoms with E-state index in [1.165, 1.54) is 0 Å². The highest BCUT2D eigenvalue weighted by Gasteiger charge is 2.39. The Balaban J connectivity index is 1.53. The number of nitrogens with zero attached hydrogens (tertiary/aromatic N) is 3. The van der Waals surface area contributed by atoms with Crippen LogP contribution in [0.1, 0.15) is 36.2 Å². The van der Waals surface area contributed by atoms with Crippen molar-refractivity contribution in [1.82, 2.24) is 30.7 Å². The molecule has 2 heterocycles. The second-order valence-electron chi connectivity index (χ2n) is 12.4. The molecule has 0 aliphatic carbocycles. The molecule has 4 amide bonds. The van der Waals surface area contributed by atoms with Gasteiger partial charge in [0.1, 0.15) is 12.1 Å². The number of likely N-dealkylation sites (N-methyl/N-ethyl adjacent to an activating group) is 1. The van der Waals surface area contributed by atoms with Gasteiger partial charge in [0.05, 0.1) is 25.0 Å². The van der Waals surface area contributed by atoms with Crippen molar-refractivity contribution in [1.29, 1.82) is 0 Å². The summed E-state index contributed by atoms with van der Waals surface area (Å²) in [6.45, 7) is 8.06. The van der Waals surface area contributed by atoms with Gasteiger partial charge in [-0.15, -0.1) is 0 Å². The lowest BCUT2D eigenvalue weighted by Crippen LogP contribution is -2.58. The van der Waals surface area contributed by atoms with Crippen LogP contribution >= 0.6 is 11.8 Å². The number of carbonyl (C=O) groups excluding carboxylic acids is 5. The van der Waals surface area contributed by atoms with Gasteiger partial charge in [-0.25, -0.2) is 0 Å². The molecule has 2 aromatic carbocycles. The van der Waals surface area contributed by atoms with Gasteiger partial charge in [0.25, 0.3) is 5.91 Å². The number of ether oxygens (including phenoxy) is 1. The summed E-state index contributed by atoms with van der Waals surface area (Å²) in [5, 5.41) is 7.46. The summed E-state index contributed by atoms with van der Waals surface area (Å²) in [5.41, 5.74) is 1.56. The first kappa shape index (κ1) is 37.0. The minimum atomic E-state index is -0.953. The van der Waals surface area contributed by atoms with Gasteiger partial charge >= 0.3 is 0 Å². The topological polar surface area (TPSA) is 140 Å². The van der Waals surface area contributed by atoms with Gasteiger partial charge in [-0.1, -0.05) is 74.1 Å². The van der Waals surface area contributed by atoms with Gasteiger partial charge in [0.2, 0.25) is 22.8 Å². The van der Waals surface area contributed by atoms with Gasteiger partial charge in [0.15, 0.2) is 0 Å². The Morgan fingerprint density at radius 3 is 2.21 bits per heavy atom. The summed E-state index contributed by atoms with van der Waals surface area (Å²) in [7, 11) is 1.55. The van der Waals surface area contributed by atoms with E-state index >= 15 is 0 Å². The third kappa shape index (κ3) is 10.9. The molecule has 0 spiro atoms. The van der Waals surface area contributed by atoms with Crippen molar-refractivity contribution in [3.05, 3.63) is 71.8 Å². The van der Waals surface area contributed by atoms with Crippen molar-refractivity contribution >= 4 is 40.5 Å². The molecule has 2 aliphatic heterocycles. The molecule has 2 aromatic rings. The van der Waals surface area contributed by atoms with E-state index in [0.29, 0.717) is 51.5 Å². The molecule has 3 unspecified atom stereocenters. The molecule has 4 rings (SSSR count). The molecule has 48 heavy (non-hydrogen) atoms. The van der Waals surface area contributed by atoms with Crippen molar-refractivity contribution in [2.24, 2.45) is 5.92 Å². The second-order valence-corrected chi connectivity index (χ2v) is 13.7. The minimum Gasteiger partial charge on any atom is -0.379 e. The predicted octanol–water partition coefficient (Wildman–Crippen LogP) is 1.37. The van der Waals surface area contributed by atoms with Gasteiger partial charge in [-0.2, -0.15) is 0 Å². The van der Waals surface area contributed by atoms with Crippen LogP contribution in [0.25, 0.3) is 0 Å². The largest absolute Gasteiger partial charge is 0.379 e. The molecule has 2 aliphatic rings. The SMILES string of the molecule is CNC(=O)C(C(C)C)N1CCN(Cc2ccccc2)CC(NC(=O)C(CCNC(=O)c2ccccc2)SC(=O)CN2CCOCC2)C1=O. The van der Waals surface area contributed by atoms with Crippen LogP contribution in [-0.4, -0.2) is 127 Å². The maximum absolute atomic E-state index is 14.2. The molecular weight excluding hydrogens is 632 g/mol. The number of rotatable bonds is 14. The van der Waals surface area contributed by atoms with Crippen LogP contribution in [0.3, 0.4) is 0 Å². The number of hydrogen-bond donors (Lipinski definition) is 3. The molecule has 0 bridgehead atoms. The maximum atomic E-state index is 14.2. The molecule has 0 saturated carbocycles. The van der Waals surface area contributed by atoms with E-state index in [9.17, 15) is 24.0 Å². The Morgan fingerprint density at radius 1 is 0.896 bits per heavy atom. The summed E-state index contributed by atoms with van der Waals surface area (Å²) in [4.78, 5) is 72.8. The number of carbonyl (C=O) groups is 5. The van der Waals surface area contributed by atoms with E-state index in [4.69, 9.17) is 4.74 Å². The molecule has 2 fully saturated rings. The van der Waals surface area contributed by atoms with Gasteiger partial charge in [-0.05, 0) is 30.0 Å². The molecular formula is C35H48N6O6S. The first-order valence-electron chi connectivity index (χ1n) is 16.6. The second kappa shape index (κ2) is 18.7. The highest BCUT2D eigenvalue weighted by atomic mass is 32.2. The van der Waals surface area contributed by atoms with Gasteiger partial charge < -0.3 is 25.6 Å². The zero-order valence-electron chi connectivity index (χ0n) is 28.1. The van der Waals surface area contributed by atoms with Crippen molar-refractivity contribution in [3.63, 3.8) is 0 Å². The van der Waals surface area contributed by atoms with E-state index in [0.717, 1.165) is 17.3 Å². The molecule has 12 nitrogen and oxygen atoms in total. The maximum Gasteiger partial charge on any atom is 0.251 e. The van der Waals surface area contributed by atoms with Crippen molar-refractivity contribution in [3.8, 4) is 0 Å². The molecule has 3 N–H and O–H groups in total. The Labute approximate surface area is 287 Å². The Bertz CT molecular complexity index is 1370. The Kier molecular flexibility index (Phi) is 14.4. The summed E-state index contributed by atoms with van der Waals surface area (Å²) in [6, 6.07) is 17.0. The predicted molar refractivity (Wildman–Crippen MR) is 185 cm³/mol. The van der Waals surface area contributed by atoms with E-state index in [1.54, 1.807) is 36.2 Å². The van der Waals surface area contributed by atoms with Crippen molar-refractivity contribution in [2.45, 2.75) is 44.1 Å². The third-order valence-corrected chi connectivity index (χ3v) is 9.60. The number of nitrogens with one attached hydrogen (secondary N) is 3. The zero-order chi connectivity index (χ0) is 34.5. The molecule has 0 aromatic heterocycles. The van der Waals surface area contributed by atoms with Crippen LogP contribution < -0.4 is 16.0 Å². The average molecular weight is 681 g/mol. The quantitative estimate of drug-likeness (QED) is 0.270. The number of hydrogen-bond acceptors (Lipinski definition) is 9. The zero-order valence-corrected chi connectivity index (χ0v) is 28.9. The van der Waals surface area contributed by atoms with Crippen LogP contribution in [0.2, 0.25) is 0 Å². The fraction of sp³-hybridized carbons (Fsp3) is 0.514. The number of morpholine rings is 1. The highest BCUT2D eigenvalue weighted by Crippen LogP contribution is 2.21. The van der Waals surface area contributed by atoms with Crippen molar-refractivity contribution < 1.29 is 28.7 Å². The lowest BCUT2D eigenvalue weighted by molar-refractivity contribution is -0.143. The standard InChI is InChI=1S/C35H48N6O6S/c1-25(2)31(34(45)36-3)41-17-16-40(22-26-10-6-4-7-11-26)23-28(35(41)46)38-33(44)29(48-30(42)24-39-18-20-47-21-19-39)14-15-37-32(43)27-12-8-5-9-13-27/h4-13,25,28-29,31H,14-24H2,1-3H3,(H,36,45)(H,37,43)(H,38,44). The van der Waals surface area contributed by atoms with Crippen molar-refractivity contribution in [2.75, 3.05) is 66.1 Å². The highest BCUT2D eigenvalue weighted by molar-refractivity contribution is 8.14. The van der Waals surface area contributed by atoms with E-state index in [1.807, 2.05) is 55.1 Å². The van der Waals surface area contributed by atoms with Crippen LogP contribution in [0.4, 0.5) is 0 Å². The molecule has 13 heteroatoms. The van der Waals surface area contributed by atoms with E-state index < -0.39 is 23.2 Å². The minimum absolute atomic E-state index is 0.153. The normalized spacial score (nSPS) is 18.9. The molecule has 260 valence electrons. The lowest BCUT2D eigenvalue weighted by Gasteiger charge is -2.34. The van der Waals surface area contributed by atoms with Crippen LogP contribution in [0, 0.1) is 5.92 Å². The third-order valence-electron chi connectivity index (χ3n) is 8.48. The number of thioether (sulfide) groups is 1. The summed E-state index contributed by atoms with van der Waals surface area (Å²) in [5.74, 6) is -1.52. The Morgan fingerprint density at radius 2 is 1.56 bits per heavy atom. The number of amides is 4. The Hall–Kier alpha value is -3.78. The molecule has 2 saturated heterocycles. The summed E-state index contributed by atoms with van der Waals surface area (Å²) < 4.78 is 5.40. The average Bonchev–Trinajstić information content (AvgIpc) is 3.23. The van der Waals surface area contributed by atoms with Crippen LogP contribution in [0.5, 0.6) is 0 Å². The fourth-order valence-corrected chi connectivity index (χ4v) is 6.95. The number of benzene rings is 2.